The number of H-pyrrole nitrogens is 1. The van der Waals surface area contributed by atoms with Crippen molar-refractivity contribution < 1.29 is 34.2 Å². The second-order valence-corrected chi connectivity index (χ2v) is 5.70. The monoisotopic (exact) mass is 398 g/mol. The topological polar surface area (TPSA) is 232 Å². The molecule has 0 bridgehead atoms. The largest absolute Gasteiger partial charge is 0.480 e. The average molecular weight is 398 g/mol. The van der Waals surface area contributed by atoms with Crippen molar-refractivity contribution in [3.05, 3.63) is 56.4 Å². The van der Waals surface area contributed by atoms with E-state index in [0.29, 0.717) is 10.3 Å². The third-order valence-corrected chi connectivity index (χ3v) is 3.48. The third kappa shape index (κ3) is 5.65. The van der Waals surface area contributed by atoms with Crippen LogP contribution in [0, 0.1) is 0 Å². The number of nitrogens with zero attached hydrogens (tertiary/aromatic N) is 1. The van der Waals surface area contributed by atoms with Gasteiger partial charge in [-0.3, -0.25) is 4.79 Å². The second kappa shape index (κ2) is 8.79. The van der Waals surface area contributed by atoms with Crippen LogP contribution in [0.5, 0.6) is 0 Å². The summed E-state index contributed by atoms with van der Waals surface area (Å²) >= 11 is 0. The summed E-state index contributed by atoms with van der Waals surface area (Å²) in [6, 6.07) is 4.17. The second-order valence-electron chi connectivity index (χ2n) is 5.70. The van der Waals surface area contributed by atoms with E-state index in [9.17, 15) is 24.0 Å². The van der Waals surface area contributed by atoms with Crippen molar-refractivity contribution in [2.24, 2.45) is 11.5 Å². The Bertz CT molecular complexity index is 968. The number of aromatic nitrogens is 2. The van der Waals surface area contributed by atoms with Crippen LogP contribution in [-0.2, 0) is 21.7 Å². The molecule has 13 heteroatoms. The number of hydrogen-bond acceptors (Lipinski definition) is 8. The molecule has 2 aromatic rings. The van der Waals surface area contributed by atoms with E-state index in [2.05, 4.69) is 4.52 Å². The summed E-state index contributed by atoms with van der Waals surface area (Å²) in [6.07, 6.45) is 0. The first-order valence-corrected chi connectivity index (χ1v) is 7.51. The first-order chi connectivity index (χ1) is 12.9. The lowest BCUT2D eigenvalue weighted by Crippen LogP contribution is -2.41. The van der Waals surface area contributed by atoms with E-state index in [0.717, 1.165) is 0 Å². The Morgan fingerprint density at radius 2 is 1.71 bits per heavy atom. The standard InChI is InChI=1S/C10H11NO4.C5H7N3O5/c1-10(11,9(14)15)7-4-2-6(3-5-7)8(12)13;6-2(3(9)10)1-8-4(11)7-5(12)13-8/h2-5H,11H2,1H3,(H,12,13)(H,14,15);2H,1,6H2,(H,9,10)(H,7,11,12)/t10-;2-/m00/s1. The van der Waals surface area contributed by atoms with Crippen molar-refractivity contribution in [2.75, 3.05) is 0 Å². The third-order valence-electron chi connectivity index (χ3n) is 3.48. The zero-order valence-corrected chi connectivity index (χ0v) is 14.5. The molecule has 0 spiro atoms. The molecule has 0 saturated carbocycles. The summed E-state index contributed by atoms with van der Waals surface area (Å²) in [4.78, 5) is 54.6. The first-order valence-electron chi connectivity index (χ1n) is 7.51. The Kier molecular flexibility index (Phi) is 7.01. The van der Waals surface area contributed by atoms with E-state index < -0.39 is 40.9 Å². The lowest BCUT2D eigenvalue weighted by molar-refractivity contribution is -0.143. The lowest BCUT2D eigenvalue weighted by Gasteiger charge is -2.19. The molecule has 1 heterocycles. The highest BCUT2D eigenvalue weighted by Gasteiger charge is 2.30. The fourth-order valence-electron chi connectivity index (χ4n) is 1.77. The summed E-state index contributed by atoms with van der Waals surface area (Å²) in [6.45, 7) is 0.970. The highest BCUT2D eigenvalue weighted by Crippen LogP contribution is 2.18. The number of benzene rings is 1. The number of nitrogens with one attached hydrogen (secondary N) is 1. The highest BCUT2D eigenvalue weighted by molar-refractivity contribution is 5.88. The fraction of sp³-hybridized carbons (Fsp3) is 0.267. The summed E-state index contributed by atoms with van der Waals surface area (Å²) in [5.41, 5.74) is 8.79. The Labute approximate surface area is 155 Å². The SMILES string of the molecule is C[C@@](N)(C(=O)O)c1ccc(C(=O)O)cc1.N[C@@H](Cn1oc(=O)[nH]c1=O)C(=O)O. The summed E-state index contributed by atoms with van der Waals surface area (Å²) in [5.74, 6) is -4.44. The maximum absolute atomic E-state index is 10.8. The molecule has 152 valence electrons. The maximum atomic E-state index is 10.8. The Balaban J connectivity index is 0.000000283. The quantitative estimate of drug-likeness (QED) is 0.317. The Morgan fingerprint density at radius 1 is 1.18 bits per heavy atom. The molecule has 28 heavy (non-hydrogen) atoms. The molecule has 0 aliphatic heterocycles. The van der Waals surface area contributed by atoms with Gasteiger partial charge in [-0.25, -0.2) is 24.2 Å². The van der Waals surface area contributed by atoms with E-state index >= 15 is 0 Å². The minimum Gasteiger partial charge on any atom is -0.480 e. The molecular formula is C15H18N4O9. The molecule has 2 rings (SSSR count). The van der Waals surface area contributed by atoms with Crippen LogP contribution in [0.4, 0.5) is 0 Å². The number of hydrogen-bond donors (Lipinski definition) is 6. The van der Waals surface area contributed by atoms with Gasteiger partial charge in [-0.1, -0.05) is 12.1 Å². The van der Waals surface area contributed by atoms with Gasteiger partial charge in [0.1, 0.15) is 11.6 Å². The van der Waals surface area contributed by atoms with Gasteiger partial charge < -0.3 is 31.3 Å². The van der Waals surface area contributed by atoms with Crippen molar-refractivity contribution in [1.82, 2.24) is 9.72 Å². The lowest BCUT2D eigenvalue weighted by atomic mass is 9.93. The Morgan fingerprint density at radius 3 is 2.07 bits per heavy atom. The molecule has 0 aliphatic carbocycles. The molecule has 0 radical (unpaired) electrons. The smallest absolute Gasteiger partial charge is 0.440 e. The number of aromatic carboxylic acids is 1. The van der Waals surface area contributed by atoms with E-state index in [-0.39, 0.29) is 12.1 Å². The predicted octanol–water partition coefficient (Wildman–Crippen LogP) is -1.82. The summed E-state index contributed by atoms with van der Waals surface area (Å²) in [5, 5.41) is 25.8. The highest BCUT2D eigenvalue weighted by atomic mass is 16.5. The molecule has 8 N–H and O–H groups in total. The van der Waals surface area contributed by atoms with Gasteiger partial charge in [0.2, 0.25) is 0 Å². The Hall–Kier alpha value is -3.71. The van der Waals surface area contributed by atoms with Crippen LogP contribution in [0.2, 0.25) is 0 Å². The van der Waals surface area contributed by atoms with Crippen LogP contribution in [0.1, 0.15) is 22.8 Å². The minimum atomic E-state index is -1.50. The van der Waals surface area contributed by atoms with Gasteiger partial charge in [0.25, 0.3) is 0 Å². The number of aromatic amines is 1. The molecule has 2 atom stereocenters. The van der Waals surface area contributed by atoms with Crippen LogP contribution in [-0.4, -0.2) is 49.0 Å². The zero-order chi connectivity index (χ0) is 21.6. The van der Waals surface area contributed by atoms with Crippen LogP contribution in [0.25, 0.3) is 0 Å². The normalized spacial score (nSPS) is 13.5. The van der Waals surface area contributed by atoms with Gasteiger partial charge in [0.05, 0.1) is 12.1 Å². The van der Waals surface area contributed by atoms with Crippen molar-refractivity contribution in [1.29, 1.82) is 0 Å². The molecule has 0 unspecified atom stereocenters. The number of aliphatic carboxylic acids is 2. The predicted molar refractivity (Wildman–Crippen MR) is 91.8 cm³/mol. The van der Waals surface area contributed by atoms with E-state index in [1.165, 1.54) is 31.2 Å². The van der Waals surface area contributed by atoms with Crippen molar-refractivity contribution >= 4 is 17.9 Å². The van der Waals surface area contributed by atoms with Gasteiger partial charge in [0, 0.05) is 0 Å². The van der Waals surface area contributed by atoms with Crippen LogP contribution in [0.15, 0.2) is 38.4 Å². The van der Waals surface area contributed by atoms with Gasteiger partial charge >= 0.3 is 29.4 Å². The number of carboxylic acid groups (broad SMARTS) is 3. The number of carbonyl (C=O) groups is 3. The number of nitrogens with two attached hydrogens (primary N) is 2. The van der Waals surface area contributed by atoms with Crippen molar-refractivity contribution in [2.45, 2.75) is 25.0 Å². The van der Waals surface area contributed by atoms with Crippen LogP contribution < -0.4 is 22.9 Å². The van der Waals surface area contributed by atoms with Gasteiger partial charge in [-0.05, 0) is 24.6 Å². The maximum Gasteiger partial charge on any atom is 0.440 e. The van der Waals surface area contributed by atoms with Gasteiger partial charge in [0.15, 0.2) is 0 Å². The van der Waals surface area contributed by atoms with Gasteiger partial charge in [-0.15, -0.1) is 4.74 Å². The van der Waals surface area contributed by atoms with Gasteiger partial charge in [-0.2, -0.15) is 0 Å². The van der Waals surface area contributed by atoms with E-state index in [4.69, 9.17) is 26.8 Å². The first kappa shape index (κ1) is 22.3. The van der Waals surface area contributed by atoms with Crippen molar-refractivity contribution in [3.63, 3.8) is 0 Å². The molecule has 0 saturated heterocycles. The number of rotatable bonds is 6. The molecule has 1 aromatic heterocycles. The molecular weight excluding hydrogens is 380 g/mol. The minimum absolute atomic E-state index is 0.0972. The zero-order valence-electron chi connectivity index (χ0n) is 14.5. The summed E-state index contributed by atoms with van der Waals surface area (Å²) < 4.78 is 4.84. The van der Waals surface area contributed by atoms with Crippen LogP contribution in [0.3, 0.4) is 0 Å². The van der Waals surface area contributed by atoms with E-state index in [1.54, 1.807) is 4.98 Å². The van der Waals surface area contributed by atoms with E-state index in [1.807, 2.05) is 0 Å². The number of carboxylic acids is 3. The average Bonchev–Trinajstić information content (AvgIpc) is 2.92. The molecule has 1 aromatic carbocycles. The molecule has 0 amide bonds. The molecule has 13 nitrogen and oxygen atoms in total. The summed E-state index contributed by atoms with van der Waals surface area (Å²) in [7, 11) is 0. The van der Waals surface area contributed by atoms with Crippen molar-refractivity contribution in [3.8, 4) is 0 Å². The van der Waals surface area contributed by atoms with Crippen LogP contribution >= 0.6 is 0 Å². The molecule has 0 fully saturated rings. The fourth-order valence-corrected chi connectivity index (χ4v) is 1.77. The molecule has 0 aliphatic rings.